The second-order valence-electron chi connectivity index (χ2n) is 5.42. The lowest BCUT2D eigenvalue weighted by atomic mass is 10.0. The Morgan fingerprint density at radius 1 is 0.692 bits per heavy atom. The third-order valence-electron chi connectivity index (χ3n) is 4.07. The van der Waals surface area contributed by atoms with Crippen molar-refractivity contribution in [1.82, 2.24) is 16.4 Å². The van der Waals surface area contributed by atoms with Crippen molar-refractivity contribution < 1.29 is 24.1 Å². The van der Waals surface area contributed by atoms with Gasteiger partial charge in [-0.1, -0.05) is 0 Å². The lowest BCUT2D eigenvalue weighted by Crippen LogP contribution is -2.32. The SMILES string of the molecule is COc1ccc(C2=C(c3cc(OC)c(OC)cc3OC)NNN2)cc1O. The zero-order valence-electron chi connectivity index (χ0n) is 15.0. The number of phenols is 1. The average Bonchev–Trinajstić information content (AvgIpc) is 3.16. The molecule has 3 rings (SSSR count). The number of hydrogen-bond donors (Lipinski definition) is 4. The Balaban J connectivity index is 2.14. The molecule has 4 N–H and O–H groups in total. The number of benzene rings is 2. The third-order valence-corrected chi connectivity index (χ3v) is 4.07. The fourth-order valence-electron chi connectivity index (χ4n) is 2.77. The van der Waals surface area contributed by atoms with Crippen LogP contribution in [0.25, 0.3) is 11.4 Å². The molecule has 0 aromatic heterocycles. The smallest absolute Gasteiger partial charge is 0.164 e. The minimum absolute atomic E-state index is 0.0461. The number of rotatable bonds is 6. The van der Waals surface area contributed by atoms with Gasteiger partial charge in [-0.25, -0.2) is 0 Å². The van der Waals surface area contributed by atoms with Crippen LogP contribution >= 0.6 is 0 Å². The van der Waals surface area contributed by atoms with Crippen LogP contribution in [0.4, 0.5) is 0 Å². The normalized spacial score (nSPS) is 13.1. The first-order chi connectivity index (χ1) is 12.6. The van der Waals surface area contributed by atoms with E-state index in [1.54, 1.807) is 39.5 Å². The molecule has 0 fully saturated rings. The van der Waals surface area contributed by atoms with Crippen molar-refractivity contribution in [1.29, 1.82) is 0 Å². The van der Waals surface area contributed by atoms with E-state index in [-0.39, 0.29) is 5.75 Å². The molecule has 8 heteroatoms. The molecule has 0 unspecified atom stereocenters. The van der Waals surface area contributed by atoms with Crippen LogP contribution < -0.4 is 35.3 Å². The van der Waals surface area contributed by atoms with Crippen LogP contribution in [0.1, 0.15) is 11.1 Å². The van der Waals surface area contributed by atoms with Crippen LogP contribution in [-0.2, 0) is 0 Å². The molecule has 0 amide bonds. The van der Waals surface area contributed by atoms with E-state index >= 15 is 0 Å². The van der Waals surface area contributed by atoms with Gasteiger partial charge in [0.05, 0.1) is 39.8 Å². The molecule has 8 nitrogen and oxygen atoms in total. The maximum Gasteiger partial charge on any atom is 0.164 e. The summed E-state index contributed by atoms with van der Waals surface area (Å²) < 4.78 is 21.3. The van der Waals surface area contributed by atoms with Crippen LogP contribution in [0.5, 0.6) is 28.7 Å². The van der Waals surface area contributed by atoms with Crippen molar-refractivity contribution in [2.75, 3.05) is 28.4 Å². The molecule has 138 valence electrons. The summed E-state index contributed by atoms with van der Waals surface area (Å²) in [7, 11) is 6.23. The number of ether oxygens (including phenoxy) is 4. The second kappa shape index (κ2) is 7.32. The molecule has 0 saturated carbocycles. The largest absolute Gasteiger partial charge is 0.504 e. The van der Waals surface area contributed by atoms with Gasteiger partial charge in [0.2, 0.25) is 0 Å². The lowest BCUT2D eigenvalue weighted by molar-refractivity contribution is 0.348. The van der Waals surface area contributed by atoms with Gasteiger partial charge in [0.1, 0.15) is 5.75 Å². The van der Waals surface area contributed by atoms with Crippen LogP contribution in [0, 0.1) is 0 Å². The predicted molar refractivity (Wildman–Crippen MR) is 97.0 cm³/mol. The van der Waals surface area contributed by atoms with Crippen molar-refractivity contribution >= 4 is 11.4 Å². The summed E-state index contributed by atoms with van der Waals surface area (Å²) in [5, 5.41) is 10.1. The van der Waals surface area contributed by atoms with Gasteiger partial charge in [0.25, 0.3) is 0 Å². The molecular formula is C18H21N3O5. The zero-order valence-corrected chi connectivity index (χ0v) is 15.0. The highest BCUT2D eigenvalue weighted by atomic mass is 16.5. The van der Waals surface area contributed by atoms with Crippen molar-refractivity contribution in [3.05, 3.63) is 41.5 Å². The minimum Gasteiger partial charge on any atom is -0.504 e. The van der Waals surface area contributed by atoms with Gasteiger partial charge in [-0.05, 0) is 24.3 Å². The van der Waals surface area contributed by atoms with Crippen LogP contribution in [0.15, 0.2) is 30.3 Å². The van der Waals surface area contributed by atoms with E-state index in [9.17, 15) is 5.11 Å². The molecule has 0 spiro atoms. The highest BCUT2D eigenvalue weighted by molar-refractivity contribution is 5.92. The van der Waals surface area contributed by atoms with Crippen LogP contribution in [-0.4, -0.2) is 33.5 Å². The summed E-state index contributed by atoms with van der Waals surface area (Å²) in [6.45, 7) is 0. The molecule has 26 heavy (non-hydrogen) atoms. The van der Waals surface area contributed by atoms with Gasteiger partial charge in [0.15, 0.2) is 23.0 Å². The van der Waals surface area contributed by atoms with Crippen LogP contribution in [0.3, 0.4) is 0 Å². The molecule has 1 heterocycles. The van der Waals surface area contributed by atoms with E-state index in [1.165, 1.54) is 7.11 Å². The average molecular weight is 359 g/mol. The number of methoxy groups -OCH3 is 4. The van der Waals surface area contributed by atoms with Gasteiger partial charge in [0, 0.05) is 17.2 Å². The molecule has 1 aliphatic rings. The van der Waals surface area contributed by atoms with E-state index in [0.29, 0.717) is 23.0 Å². The summed E-state index contributed by atoms with van der Waals surface area (Å²) in [4.78, 5) is 0. The van der Waals surface area contributed by atoms with Crippen molar-refractivity contribution in [2.24, 2.45) is 0 Å². The number of hydrazine groups is 2. The Bertz CT molecular complexity index is 851. The number of phenolic OH excluding ortho intramolecular Hbond substituents is 1. The Hall–Kier alpha value is -3.26. The first-order valence-electron chi connectivity index (χ1n) is 7.82. The summed E-state index contributed by atoms with van der Waals surface area (Å²) in [5.74, 6) is 2.19. The Kier molecular flexibility index (Phi) is 4.94. The Morgan fingerprint density at radius 3 is 1.92 bits per heavy atom. The zero-order chi connectivity index (χ0) is 18.7. The van der Waals surface area contributed by atoms with Gasteiger partial charge in [-0.3, -0.25) is 0 Å². The van der Waals surface area contributed by atoms with E-state index in [0.717, 1.165) is 22.5 Å². The minimum atomic E-state index is 0.0461. The maximum absolute atomic E-state index is 10.1. The van der Waals surface area contributed by atoms with Crippen molar-refractivity contribution in [3.63, 3.8) is 0 Å². The molecule has 0 aliphatic carbocycles. The molecular weight excluding hydrogens is 338 g/mol. The monoisotopic (exact) mass is 359 g/mol. The Labute approximate surface area is 151 Å². The summed E-state index contributed by atoms with van der Waals surface area (Å²) in [6.07, 6.45) is 0. The number of aromatic hydroxyl groups is 1. The topological polar surface area (TPSA) is 93.2 Å². The summed E-state index contributed by atoms with van der Waals surface area (Å²) >= 11 is 0. The molecule has 0 bridgehead atoms. The second-order valence-corrected chi connectivity index (χ2v) is 5.42. The lowest BCUT2D eigenvalue weighted by Gasteiger charge is -2.15. The number of hydrogen-bond acceptors (Lipinski definition) is 8. The van der Waals surface area contributed by atoms with Gasteiger partial charge >= 0.3 is 0 Å². The van der Waals surface area contributed by atoms with E-state index in [4.69, 9.17) is 18.9 Å². The van der Waals surface area contributed by atoms with E-state index in [1.807, 2.05) is 12.1 Å². The Morgan fingerprint density at radius 2 is 1.31 bits per heavy atom. The molecule has 0 saturated heterocycles. The highest BCUT2D eigenvalue weighted by Crippen LogP contribution is 2.40. The molecule has 0 atom stereocenters. The van der Waals surface area contributed by atoms with Crippen LogP contribution in [0.2, 0.25) is 0 Å². The third kappa shape index (κ3) is 3.02. The van der Waals surface area contributed by atoms with E-state index in [2.05, 4.69) is 16.4 Å². The highest BCUT2D eigenvalue weighted by Gasteiger charge is 2.23. The summed E-state index contributed by atoms with van der Waals surface area (Å²) in [6, 6.07) is 8.72. The quantitative estimate of drug-likeness (QED) is 0.621. The van der Waals surface area contributed by atoms with Crippen molar-refractivity contribution in [3.8, 4) is 28.7 Å². The van der Waals surface area contributed by atoms with Gasteiger partial charge < -0.3 is 34.9 Å². The fourth-order valence-corrected chi connectivity index (χ4v) is 2.77. The molecule has 2 aromatic rings. The molecule has 1 aliphatic heterocycles. The molecule has 2 aromatic carbocycles. The standard InChI is InChI=1S/C18H21N3O5/c1-23-13-6-5-10(7-12(13)22)17-18(20-21-19-17)11-8-15(25-3)16(26-4)9-14(11)24-2/h5-9,19-22H,1-4H3. The van der Waals surface area contributed by atoms with E-state index < -0.39 is 0 Å². The summed E-state index contributed by atoms with van der Waals surface area (Å²) in [5.41, 5.74) is 11.9. The maximum atomic E-state index is 10.1. The van der Waals surface area contributed by atoms with Gasteiger partial charge in [-0.15, -0.1) is 5.53 Å². The predicted octanol–water partition coefficient (Wildman–Crippen LogP) is 1.86. The molecule has 0 radical (unpaired) electrons. The van der Waals surface area contributed by atoms with Crippen molar-refractivity contribution in [2.45, 2.75) is 0 Å². The number of nitrogens with one attached hydrogen (secondary N) is 3. The first kappa shape index (κ1) is 17.6. The first-order valence-corrected chi connectivity index (χ1v) is 7.82. The fraction of sp³-hybridized carbons (Fsp3) is 0.222. The van der Waals surface area contributed by atoms with Gasteiger partial charge in [-0.2, -0.15) is 0 Å².